The van der Waals surface area contributed by atoms with E-state index in [2.05, 4.69) is 16.4 Å². The lowest BCUT2D eigenvalue weighted by Crippen LogP contribution is -2.43. The number of benzene rings is 2. The zero-order valence-electron chi connectivity index (χ0n) is 17.0. The van der Waals surface area contributed by atoms with E-state index in [1.807, 2.05) is 56.4 Å². The van der Waals surface area contributed by atoms with Gasteiger partial charge in [0.05, 0.1) is 20.1 Å². The molecule has 0 bridgehead atoms. The van der Waals surface area contributed by atoms with Crippen LogP contribution < -0.4 is 10.1 Å². The highest BCUT2D eigenvalue weighted by Gasteiger charge is 2.23. The molecule has 0 aliphatic rings. The van der Waals surface area contributed by atoms with Crippen LogP contribution in [0, 0.1) is 13.8 Å². The number of amides is 1. The lowest BCUT2D eigenvalue weighted by molar-refractivity contribution is -0.145. The van der Waals surface area contributed by atoms with Crippen LogP contribution in [-0.4, -0.2) is 36.6 Å². The Morgan fingerprint density at radius 2 is 1.83 bits per heavy atom. The summed E-state index contributed by atoms with van der Waals surface area (Å²) in [5.74, 6) is 0.00193. The molecule has 3 aromatic rings. The minimum atomic E-state index is -0.757. The lowest BCUT2D eigenvalue weighted by Gasteiger charge is -2.16. The van der Waals surface area contributed by atoms with Gasteiger partial charge in [0.1, 0.15) is 11.8 Å². The SMILES string of the molecule is COC(=O)[C@@H](Cc1c[nH]c2ccccc12)NC(=O)CCOc1cc(C)cc(C)c1. The number of hydrogen-bond acceptors (Lipinski definition) is 4. The second kappa shape index (κ2) is 9.28. The molecule has 2 aromatic carbocycles. The zero-order valence-corrected chi connectivity index (χ0v) is 17.0. The Bertz CT molecular complexity index is 989. The number of aromatic amines is 1. The van der Waals surface area contributed by atoms with Crippen molar-refractivity contribution in [2.75, 3.05) is 13.7 Å². The lowest BCUT2D eigenvalue weighted by atomic mass is 10.0. The van der Waals surface area contributed by atoms with Gasteiger partial charge in [-0.15, -0.1) is 0 Å². The van der Waals surface area contributed by atoms with E-state index in [4.69, 9.17) is 9.47 Å². The molecule has 6 nitrogen and oxygen atoms in total. The minimum Gasteiger partial charge on any atom is -0.493 e. The normalized spacial score (nSPS) is 11.8. The van der Waals surface area contributed by atoms with Crippen LogP contribution >= 0.6 is 0 Å². The van der Waals surface area contributed by atoms with Crippen LogP contribution in [0.1, 0.15) is 23.1 Å². The van der Waals surface area contributed by atoms with Crippen molar-refractivity contribution in [3.8, 4) is 5.75 Å². The van der Waals surface area contributed by atoms with Crippen molar-refractivity contribution in [1.29, 1.82) is 0 Å². The molecule has 3 rings (SSSR count). The fraction of sp³-hybridized carbons (Fsp3) is 0.304. The molecule has 1 atom stereocenters. The first-order valence-corrected chi connectivity index (χ1v) is 9.59. The number of aryl methyl sites for hydroxylation is 2. The number of carbonyl (C=O) groups is 2. The molecule has 0 saturated carbocycles. The van der Waals surface area contributed by atoms with E-state index in [1.54, 1.807) is 0 Å². The van der Waals surface area contributed by atoms with Crippen LogP contribution in [0.4, 0.5) is 0 Å². The fourth-order valence-electron chi connectivity index (χ4n) is 3.40. The van der Waals surface area contributed by atoms with Crippen LogP contribution in [0.25, 0.3) is 10.9 Å². The summed E-state index contributed by atoms with van der Waals surface area (Å²) in [5, 5.41) is 3.79. The smallest absolute Gasteiger partial charge is 0.328 e. The van der Waals surface area contributed by atoms with Gasteiger partial charge in [0.2, 0.25) is 5.91 Å². The number of esters is 1. The van der Waals surface area contributed by atoms with Crippen molar-refractivity contribution in [3.05, 3.63) is 65.4 Å². The number of fused-ring (bicyclic) bond motifs is 1. The van der Waals surface area contributed by atoms with Crippen LogP contribution in [0.2, 0.25) is 0 Å². The predicted molar refractivity (Wildman–Crippen MR) is 112 cm³/mol. The fourth-order valence-corrected chi connectivity index (χ4v) is 3.40. The quantitative estimate of drug-likeness (QED) is 0.574. The van der Waals surface area contributed by atoms with Gasteiger partial charge in [-0.2, -0.15) is 0 Å². The molecular formula is C23H26N2O4. The number of aromatic nitrogens is 1. The van der Waals surface area contributed by atoms with Crippen LogP contribution in [0.3, 0.4) is 0 Å². The Kier molecular flexibility index (Phi) is 6.54. The molecule has 0 saturated heterocycles. The van der Waals surface area contributed by atoms with Gasteiger partial charge in [0, 0.05) is 23.5 Å². The summed E-state index contributed by atoms with van der Waals surface area (Å²) in [6.45, 7) is 4.23. The summed E-state index contributed by atoms with van der Waals surface area (Å²) in [6.07, 6.45) is 2.35. The average molecular weight is 394 g/mol. The van der Waals surface area contributed by atoms with Gasteiger partial charge in [-0.25, -0.2) is 4.79 Å². The summed E-state index contributed by atoms with van der Waals surface area (Å²) >= 11 is 0. The second-order valence-electron chi connectivity index (χ2n) is 7.13. The van der Waals surface area contributed by atoms with Crippen molar-refractivity contribution in [3.63, 3.8) is 0 Å². The van der Waals surface area contributed by atoms with Crippen LogP contribution in [0.5, 0.6) is 5.75 Å². The van der Waals surface area contributed by atoms with Gasteiger partial charge < -0.3 is 19.8 Å². The van der Waals surface area contributed by atoms with Gasteiger partial charge >= 0.3 is 5.97 Å². The molecule has 0 radical (unpaired) electrons. The summed E-state index contributed by atoms with van der Waals surface area (Å²) in [6, 6.07) is 13.0. The molecule has 1 amide bonds. The molecule has 1 aromatic heterocycles. The van der Waals surface area contributed by atoms with Gasteiger partial charge in [-0.1, -0.05) is 24.3 Å². The maximum Gasteiger partial charge on any atom is 0.328 e. The molecule has 0 spiro atoms. The molecule has 1 heterocycles. The number of hydrogen-bond donors (Lipinski definition) is 2. The standard InChI is InChI=1S/C23H26N2O4/c1-15-10-16(2)12-18(11-15)29-9-8-22(26)25-21(23(27)28-3)13-17-14-24-20-7-5-4-6-19(17)20/h4-7,10-12,14,21,24H,8-9,13H2,1-3H3,(H,25,26)/t21-/m1/s1. The molecular weight excluding hydrogens is 368 g/mol. The summed E-state index contributed by atoms with van der Waals surface area (Å²) in [4.78, 5) is 27.8. The van der Waals surface area contributed by atoms with Gasteiger partial charge in [0.15, 0.2) is 0 Å². The molecule has 152 valence electrons. The van der Waals surface area contributed by atoms with Gasteiger partial charge in [-0.05, 0) is 48.7 Å². The molecule has 0 unspecified atom stereocenters. The van der Waals surface area contributed by atoms with Crippen molar-refractivity contribution >= 4 is 22.8 Å². The van der Waals surface area contributed by atoms with E-state index in [0.717, 1.165) is 33.3 Å². The Hall–Kier alpha value is -3.28. The maximum absolute atomic E-state index is 12.4. The van der Waals surface area contributed by atoms with E-state index in [0.29, 0.717) is 6.42 Å². The van der Waals surface area contributed by atoms with Crippen molar-refractivity contribution in [2.45, 2.75) is 32.7 Å². The Balaban J connectivity index is 1.59. The predicted octanol–water partition coefficient (Wildman–Crippen LogP) is 3.45. The number of para-hydroxylation sites is 1. The first kappa shape index (κ1) is 20.5. The third-order valence-corrected chi connectivity index (χ3v) is 4.71. The number of carbonyl (C=O) groups excluding carboxylic acids is 2. The highest BCUT2D eigenvalue weighted by atomic mass is 16.5. The Morgan fingerprint density at radius 1 is 1.10 bits per heavy atom. The molecule has 0 fully saturated rings. The first-order chi connectivity index (χ1) is 14.0. The Labute approximate surface area is 170 Å². The van der Waals surface area contributed by atoms with Crippen LogP contribution in [0.15, 0.2) is 48.7 Å². The molecule has 0 aliphatic heterocycles. The molecule has 29 heavy (non-hydrogen) atoms. The Morgan fingerprint density at radius 3 is 2.55 bits per heavy atom. The number of ether oxygens (including phenoxy) is 2. The first-order valence-electron chi connectivity index (χ1n) is 9.59. The third kappa shape index (κ3) is 5.38. The highest BCUT2D eigenvalue weighted by Crippen LogP contribution is 2.20. The number of nitrogens with one attached hydrogen (secondary N) is 2. The highest BCUT2D eigenvalue weighted by molar-refractivity contribution is 5.87. The summed E-state index contributed by atoms with van der Waals surface area (Å²) in [7, 11) is 1.32. The minimum absolute atomic E-state index is 0.147. The summed E-state index contributed by atoms with van der Waals surface area (Å²) < 4.78 is 10.6. The van der Waals surface area contributed by atoms with Crippen molar-refractivity contribution in [1.82, 2.24) is 10.3 Å². The number of H-pyrrole nitrogens is 1. The number of rotatable bonds is 8. The van der Waals surface area contributed by atoms with E-state index in [9.17, 15) is 9.59 Å². The second-order valence-corrected chi connectivity index (χ2v) is 7.13. The van der Waals surface area contributed by atoms with E-state index in [1.165, 1.54) is 7.11 Å². The number of methoxy groups -OCH3 is 1. The molecule has 2 N–H and O–H groups in total. The van der Waals surface area contributed by atoms with Crippen LogP contribution in [-0.2, 0) is 20.7 Å². The summed E-state index contributed by atoms with van der Waals surface area (Å²) in [5.41, 5.74) is 4.14. The molecule has 6 heteroatoms. The van der Waals surface area contributed by atoms with Crippen molar-refractivity contribution < 1.29 is 19.1 Å². The van der Waals surface area contributed by atoms with Crippen molar-refractivity contribution in [2.24, 2.45) is 0 Å². The average Bonchev–Trinajstić information content (AvgIpc) is 3.09. The van der Waals surface area contributed by atoms with E-state index < -0.39 is 12.0 Å². The maximum atomic E-state index is 12.4. The zero-order chi connectivity index (χ0) is 20.8. The van der Waals surface area contributed by atoms with E-state index >= 15 is 0 Å². The molecule has 0 aliphatic carbocycles. The van der Waals surface area contributed by atoms with Gasteiger partial charge in [-0.3, -0.25) is 4.79 Å². The van der Waals surface area contributed by atoms with Gasteiger partial charge in [0.25, 0.3) is 0 Å². The largest absolute Gasteiger partial charge is 0.493 e. The monoisotopic (exact) mass is 394 g/mol. The third-order valence-electron chi connectivity index (χ3n) is 4.71. The van der Waals surface area contributed by atoms with E-state index in [-0.39, 0.29) is 18.9 Å². The topological polar surface area (TPSA) is 80.4 Å².